The second-order valence-corrected chi connectivity index (χ2v) is 5.96. The van der Waals surface area contributed by atoms with E-state index in [1.54, 1.807) is 0 Å². The fourth-order valence-electron chi connectivity index (χ4n) is 2.55. The van der Waals surface area contributed by atoms with Gasteiger partial charge >= 0.3 is 0 Å². The van der Waals surface area contributed by atoms with Crippen LogP contribution < -0.4 is 10.6 Å². The van der Waals surface area contributed by atoms with Crippen LogP contribution in [0.2, 0.25) is 5.02 Å². The third-order valence-corrected chi connectivity index (χ3v) is 4.15. The number of rotatable bonds is 5. The standard InChI is InChI=1S/C16H17ClN4O3/c17-14-7-6-13(8-15(14)21(23)24)20-16(22)11(9-18)10-19-12-4-2-1-3-5-12/h6-8,10,12,19H,1-5H2,(H,20,22)/b11-10-. The molecule has 1 aromatic rings. The van der Waals surface area contributed by atoms with Gasteiger partial charge in [-0.3, -0.25) is 14.9 Å². The number of nitriles is 1. The number of nitrogens with zero attached hydrogens (tertiary/aromatic N) is 2. The van der Waals surface area contributed by atoms with Crippen LogP contribution in [0.1, 0.15) is 32.1 Å². The second-order valence-electron chi connectivity index (χ2n) is 5.55. The van der Waals surface area contributed by atoms with Crippen molar-refractivity contribution in [3.05, 3.63) is 45.1 Å². The number of nitro benzene ring substituents is 1. The van der Waals surface area contributed by atoms with Crippen molar-refractivity contribution < 1.29 is 9.72 Å². The third kappa shape index (κ3) is 4.70. The van der Waals surface area contributed by atoms with Gasteiger partial charge in [-0.25, -0.2) is 0 Å². The summed E-state index contributed by atoms with van der Waals surface area (Å²) in [6.07, 6.45) is 6.92. The van der Waals surface area contributed by atoms with Crippen LogP contribution in [-0.4, -0.2) is 16.9 Å². The summed E-state index contributed by atoms with van der Waals surface area (Å²) in [6, 6.07) is 6.03. The Labute approximate surface area is 144 Å². The fourth-order valence-corrected chi connectivity index (χ4v) is 2.73. The minimum atomic E-state index is -0.635. The van der Waals surface area contributed by atoms with Crippen molar-refractivity contribution in [3.8, 4) is 6.07 Å². The molecule has 1 aliphatic carbocycles. The fraction of sp³-hybridized carbons (Fsp3) is 0.375. The molecule has 126 valence electrons. The largest absolute Gasteiger partial charge is 0.387 e. The van der Waals surface area contributed by atoms with Crippen LogP contribution in [0.4, 0.5) is 11.4 Å². The molecule has 2 N–H and O–H groups in total. The van der Waals surface area contributed by atoms with Crippen LogP contribution in [0.5, 0.6) is 0 Å². The lowest BCUT2D eigenvalue weighted by atomic mass is 9.96. The summed E-state index contributed by atoms with van der Waals surface area (Å²) >= 11 is 5.73. The Kier molecular flexibility index (Phi) is 6.15. The lowest BCUT2D eigenvalue weighted by molar-refractivity contribution is -0.384. The van der Waals surface area contributed by atoms with Gasteiger partial charge in [0, 0.05) is 24.0 Å². The zero-order valence-electron chi connectivity index (χ0n) is 12.9. The number of carbonyl (C=O) groups excluding carboxylic acids is 1. The van der Waals surface area contributed by atoms with Gasteiger partial charge in [-0.15, -0.1) is 0 Å². The van der Waals surface area contributed by atoms with Crippen LogP contribution in [-0.2, 0) is 4.79 Å². The van der Waals surface area contributed by atoms with Gasteiger partial charge in [-0.2, -0.15) is 5.26 Å². The number of nitrogens with one attached hydrogen (secondary N) is 2. The topological polar surface area (TPSA) is 108 Å². The maximum Gasteiger partial charge on any atom is 0.289 e. The lowest BCUT2D eigenvalue weighted by Gasteiger charge is -2.21. The number of hydrogen-bond donors (Lipinski definition) is 2. The molecule has 1 aromatic carbocycles. The summed E-state index contributed by atoms with van der Waals surface area (Å²) in [5.41, 5.74) is -0.189. The first kappa shape index (κ1) is 17.8. The molecule has 1 saturated carbocycles. The van der Waals surface area contributed by atoms with E-state index in [1.807, 2.05) is 6.07 Å². The Bertz CT molecular complexity index is 706. The molecule has 1 aliphatic rings. The molecule has 1 fully saturated rings. The predicted octanol–water partition coefficient (Wildman–Crippen LogP) is 3.52. The van der Waals surface area contributed by atoms with Gasteiger partial charge in [0.15, 0.2) is 0 Å². The van der Waals surface area contributed by atoms with E-state index < -0.39 is 10.8 Å². The molecule has 0 spiro atoms. The van der Waals surface area contributed by atoms with Gasteiger partial charge in [0.2, 0.25) is 0 Å². The third-order valence-electron chi connectivity index (χ3n) is 3.83. The monoisotopic (exact) mass is 348 g/mol. The number of amides is 1. The molecule has 2 rings (SSSR count). The van der Waals surface area contributed by atoms with Gasteiger partial charge < -0.3 is 10.6 Å². The molecule has 8 heteroatoms. The van der Waals surface area contributed by atoms with Gasteiger partial charge in [0.1, 0.15) is 16.7 Å². The SMILES string of the molecule is N#C/C(=C/NC1CCCCC1)C(=O)Nc1ccc(Cl)c([N+](=O)[O-])c1. The summed E-state index contributed by atoms with van der Waals surface area (Å²) in [5, 5.41) is 25.6. The van der Waals surface area contributed by atoms with Crippen LogP contribution >= 0.6 is 11.6 Å². The van der Waals surface area contributed by atoms with E-state index in [0.717, 1.165) is 31.7 Å². The first-order valence-corrected chi connectivity index (χ1v) is 8.00. The molecule has 0 saturated heterocycles. The van der Waals surface area contributed by atoms with Crippen molar-refractivity contribution in [2.24, 2.45) is 0 Å². The molecule has 1 amide bonds. The summed E-state index contributed by atoms with van der Waals surface area (Å²) in [6.45, 7) is 0. The Morgan fingerprint density at radius 3 is 2.71 bits per heavy atom. The van der Waals surface area contributed by atoms with Crippen molar-refractivity contribution in [2.45, 2.75) is 38.1 Å². The Hall–Kier alpha value is -2.59. The summed E-state index contributed by atoms with van der Waals surface area (Å²) in [7, 11) is 0. The first-order chi connectivity index (χ1) is 11.5. The Balaban J connectivity index is 2.05. The smallest absolute Gasteiger partial charge is 0.289 e. The average molecular weight is 349 g/mol. The first-order valence-electron chi connectivity index (χ1n) is 7.63. The van der Waals surface area contributed by atoms with Crippen LogP contribution in [0.15, 0.2) is 30.0 Å². The number of carbonyl (C=O) groups is 1. The molecule has 0 bridgehead atoms. The quantitative estimate of drug-likeness (QED) is 0.366. The number of nitro groups is 1. The summed E-state index contributed by atoms with van der Waals surface area (Å²) < 4.78 is 0. The summed E-state index contributed by atoms with van der Waals surface area (Å²) in [5.74, 6) is -0.627. The molecule has 0 heterocycles. The number of halogens is 1. The highest BCUT2D eigenvalue weighted by molar-refractivity contribution is 6.32. The minimum Gasteiger partial charge on any atom is -0.387 e. The molecule has 7 nitrogen and oxygen atoms in total. The number of anilines is 1. The van der Waals surface area contributed by atoms with Crippen molar-refractivity contribution in [1.29, 1.82) is 5.26 Å². The lowest BCUT2D eigenvalue weighted by Crippen LogP contribution is -2.28. The van der Waals surface area contributed by atoms with E-state index in [9.17, 15) is 14.9 Å². The minimum absolute atomic E-state index is 0.0204. The number of hydrogen-bond acceptors (Lipinski definition) is 5. The maximum atomic E-state index is 12.1. The normalized spacial score (nSPS) is 15.4. The molecular formula is C16H17ClN4O3. The average Bonchev–Trinajstić information content (AvgIpc) is 2.58. The highest BCUT2D eigenvalue weighted by Crippen LogP contribution is 2.27. The van der Waals surface area contributed by atoms with Gasteiger partial charge in [-0.1, -0.05) is 30.9 Å². The summed E-state index contributed by atoms with van der Waals surface area (Å²) in [4.78, 5) is 22.4. The zero-order valence-corrected chi connectivity index (χ0v) is 13.7. The molecule has 0 aliphatic heterocycles. The van der Waals surface area contributed by atoms with E-state index in [2.05, 4.69) is 10.6 Å². The maximum absolute atomic E-state index is 12.1. The van der Waals surface area contributed by atoms with E-state index in [-0.39, 0.29) is 28.0 Å². The van der Waals surface area contributed by atoms with Crippen molar-refractivity contribution in [1.82, 2.24) is 5.32 Å². The molecule has 24 heavy (non-hydrogen) atoms. The van der Waals surface area contributed by atoms with Crippen LogP contribution in [0.25, 0.3) is 0 Å². The number of benzene rings is 1. The Morgan fingerprint density at radius 1 is 1.38 bits per heavy atom. The molecule has 0 atom stereocenters. The van der Waals surface area contributed by atoms with Crippen molar-refractivity contribution in [2.75, 3.05) is 5.32 Å². The highest BCUT2D eigenvalue weighted by Gasteiger charge is 2.16. The second kappa shape index (κ2) is 8.31. The molecule has 0 unspecified atom stereocenters. The van der Waals surface area contributed by atoms with Gasteiger partial charge in [0.25, 0.3) is 11.6 Å². The van der Waals surface area contributed by atoms with Crippen molar-refractivity contribution >= 4 is 28.9 Å². The predicted molar refractivity (Wildman–Crippen MR) is 90.4 cm³/mol. The van der Waals surface area contributed by atoms with Gasteiger partial charge in [0.05, 0.1) is 4.92 Å². The van der Waals surface area contributed by atoms with Crippen molar-refractivity contribution in [3.63, 3.8) is 0 Å². The Morgan fingerprint density at radius 2 is 2.08 bits per heavy atom. The van der Waals surface area contributed by atoms with E-state index in [1.165, 1.54) is 24.8 Å². The van der Waals surface area contributed by atoms with E-state index in [4.69, 9.17) is 16.9 Å². The van der Waals surface area contributed by atoms with E-state index in [0.29, 0.717) is 0 Å². The van der Waals surface area contributed by atoms with Gasteiger partial charge in [-0.05, 0) is 25.0 Å². The molecule has 0 aromatic heterocycles. The zero-order chi connectivity index (χ0) is 17.5. The van der Waals surface area contributed by atoms with E-state index >= 15 is 0 Å². The van der Waals surface area contributed by atoms with Crippen LogP contribution in [0, 0.1) is 21.4 Å². The molecular weight excluding hydrogens is 332 g/mol. The highest BCUT2D eigenvalue weighted by atomic mass is 35.5. The van der Waals surface area contributed by atoms with Crippen LogP contribution in [0.3, 0.4) is 0 Å². The molecule has 0 radical (unpaired) electrons.